The molecule has 0 radical (unpaired) electrons. The summed E-state index contributed by atoms with van der Waals surface area (Å²) in [6.07, 6.45) is 1.80. The Bertz CT molecular complexity index is 417. The van der Waals surface area contributed by atoms with Crippen LogP contribution >= 0.6 is 0 Å². The third-order valence-electron chi connectivity index (χ3n) is 2.46. The van der Waals surface area contributed by atoms with Gasteiger partial charge in [-0.1, -0.05) is 29.8 Å². The van der Waals surface area contributed by atoms with E-state index in [2.05, 4.69) is 6.07 Å². The van der Waals surface area contributed by atoms with Crippen LogP contribution in [0.5, 0.6) is 0 Å². The molecule has 0 aliphatic carbocycles. The van der Waals surface area contributed by atoms with Crippen LogP contribution in [0.4, 0.5) is 0 Å². The summed E-state index contributed by atoms with van der Waals surface area (Å²) in [5.74, 6) is -0.253. The van der Waals surface area contributed by atoms with Crippen LogP contribution in [0.3, 0.4) is 0 Å². The SMILES string of the molecule is C/C=C(/C(=O)OCC)c1ccc(C)cc1C. The number of esters is 1. The van der Waals surface area contributed by atoms with E-state index in [0.717, 1.165) is 11.1 Å². The van der Waals surface area contributed by atoms with Crippen molar-refractivity contribution in [1.82, 2.24) is 0 Å². The second kappa shape index (κ2) is 5.50. The molecule has 0 aromatic heterocycles. The molecular formula is C14H18O2. The minimum atomic E-state index is -0.253. The van der Waals surface area contributed by atoms with Crippen LogP contribution in [0.1, 0.15) is 30.5 Å². The summed E-state index contributed by atoms with van der Waals surface area (Å²) in [6, 6.07) is 6.04. The molecule has 0 saturated heterocycles. The van der Waals surface area contributed by atoms with E-state index in [1.54, 1.807) is 6.08 Å². The molecule has 1 aromatic rings. The van der Waals surface area contributed by atoms with E-state index in [-0.39, 0.29) is 5.97 Å². The molecule has 0 heterocycles. The van der Waals surface area contributed by atoms with E-state index in [0.29, 0.717) is 12.2 Å². The Labute approximate surface area is 96.9 Å². The average Bonchev–Trinajstić information content (AvgIpc) is 2.22. The highest BCUT2D eigenvalue weighted by Gasteiger charge is 2.13. The number of aryl methyl sites for hydroxylation is 2. The predicted octanol–water partition coefficient (Wildman–Crippen LogP) is 3.27. The van der Waals surface area contributed by atoms with E-state index >= 15 is 0 Å². The molecule has 16 heavy (non-hydrogen) atoms. The van der Waals surface area contributed by atoms with Crippen molar-refractivity contribution in [3.8, 4) is 0 Å². The molecule has 0 amide bonds. The van der Waals surface area contributed by atoms with Gasteiger partial charge in [0.05, 0.1) is 12.2 Å². The van der Waals surface area contributed by atoms with Gasteiger partial charge in [-0.05, 0) is 38.8 Å². The van der Waals surface area contributed by atoms with Gasteiger partial charge in [0.25, 0.3) is 0 Å². The fourth-order valence-electron chi connectivity index (χ4n) is 1.71. The van der Waals surface area contributed by atoms with Gasteiger partial charge >= 0.3 is 5.97 Å². The number of hydrogen-bond donors (Lipinski definition) is 0. The van der Waals surface area contributed by atoms with Crippen LogP contribution in [0.25, 0.3) is 5.57 Å². The van der Waals surface area contributed by atoms with Crippen molar-refractivity contribution in [3.63, 3.8) is 0 Å². The summed E-state index contributed by atoms with van der Waals surface area (Å²) < 4.78 is 5.03. The summed E-state index contributed by atoms with van der Waals surface area (Å²) in [7, 11) is 0. The van der Waals surface area contributed by atoms with Crippen LogP contribution in [0, 0.1) is 13.8 Å². The molecule has 1 rings (SSSR count). The van der Waals surface area contributed by atoms with Gasteiger partial charge in [0.1, 0.15) is 0 Å². The zero-order chi connectivity index (χ0) is 12.1. The van der Waals surface area contributed by atoms with E-state index in [1.165, 1.54) is 5.56 Å². The Morgan fingerprint density at radius 1 is 1.38 bits per heavy atom. The maximum atomic E-state index is 11.7. The summed E-state index contributed by atoms with van der Waals surface area (Å²) in [5.41, 5.74) is 3.88. The number of hydrogen-bond acceptors (Lipinski definition) is 2. The summed E-state index contributed by atoms with van der Waals surface area (Å²) in [6.45, 7) is 8.11. The molecule has 0 aliphatic rings. The van der Waals surface area contributed by atoms with Gasteiger partial charge in [0, 0.05) is 0 Å². The van der Waals surface area contributed by atoms with E-state index in [1.807, 2.05) is 39.8 Å². The lowest BCUT2D eigenvalue weighted by Gasteiger charge is -2.10. The van der Waals surface area contributed by atoms with Crippen molar-refractivity contribution in [2.75, 3.05) is 6.61 Å². The van der Waals surface area contributed by atoms with Crippen molar-refractivity contribution >= 4 is 11.5 Å². The van der Waals surface area contributed by atoms with Crippen LogP contribution in [-0.4, -0.2) is 12.6 Å². The first-order valence-corrected chi connectivity index (χ1v) is 5.51. The first kappa shape index (κ1) is 12.5. The third kappa shape index (κ3) is 2.72. The number of allylic oxidation sites excluding steroid dienone is 1. The molecule has 86 valence electrons. The number of carbonyl (C=O) groups is 1. The molecule has 0 fully saturated rings. The summed E-state index contributed by atoms with van der Waals surface area (Å²) in [5, 5.41) is 0. The quantitative estimate of drug-likeness (QED) is 0.575. The maximum Gasteiger partial charge on any atom is 0.338 e. The smallest absolute Gasteiger partial charge is 0.338 e. The second-order valence-electron chi connectivity index (χ2n) is 3.74. The topological polar surface area (TPSA) is 26.3 Å². The zero-order valence-corrected chi connectivity index (χ0v) is 10.3. The molecule has 0 aliphatic heterocycles. The Morgan fingerprint density at radius 3 is 2.56 bits per heavy atom. The van der Waals surface area contributed by atoms with Gasteiger partial charge in [0.2, 0.25) is 0 Å². The largest absolute Gasteiger partial charge is 0.462 e. The van der Waals surface area contributed by atoms with Crippen molar-refractivity contribution < 1.29 is 9.53 Å². The molecular weight excluding hydrogens is 200 g/mol. The van der Waals surface area contributed by atoms with E-state index in [4.69, 9.17) is 4.74 Å². The second-order valence-corrected chi connectivity index (χ2v) is 3.74. The lowest BCUT2D eigenvalue weighted by Crippen LogP contribution is -2.07. The van der Waals surface area contributed by atoms with Crippen LogP contribution in [0.15, 0.2) is 24.3 Å². The third-order valence-corrected chi connectivity index (χ3v) is 2.46. The number of ether oxygens (including phenoxy) is 1. The molecule has 0 atom stereocenters. The van der Waals surface area contributed by atoms with E-state index in [9.17, 15) is 4.79 Å². The van der Waals surface area contributed by atoms with Crippen LogP contribution < -0.4 is 0 Å². The van der Waals surface area contributed by atoms with Gasteiger partial charge in [-0.3, -0.25) is 0 Å². The molecule has 0 bridgehead atoms. The highest BCUT2D eigenvalue weighted by molar-refractivity contribution is 6.16. The van der Waals surface area contributed by atoms with Crippen LogP contribution in [-0.2, 0) is 9.53 Å². The standard InChI is InChI=1S/C14H18O2/c1-5-12(14(15)16-6-2)13-8-7-10(3)9-11(13)4/h5,7-9H,6H2,1-4H3/b12-5+. The minimum absolute atomic E-state index is 0.253. The maximum absolute atomic E-state index is 11.7. The first-order valence-electron chi connectivity index (χ1n) is 5.51. The minimum Gasteiger partial charge on any atom is -0.462 e. The molecule has 1 aromatic carbocycles. The van der Waals surface area contributed by atoms with Crippen molar-refractivity contribution in [2.45, 2.75) is 27.7 Å². The Kier molecular flexibility index (Phi) is 4.29. The highest BCUT2D eigenvalue weighted by atomic mass is 16.5. The number of carbonyl (C=O) groups excluding carboxylic acids is 1. The molecule has 0 spiro atoms. The summed E-state index contributed by atoms with van der Waals surface area (Å²) >= 11 is 0. The van der Waals surface area contributed by atoms with Crippen molar-refractivity contribution in [3.05, 3.63) is 41.0 Å². The van der Waals surface area contributed by atoms with Crippen LogP contribution in [0.2, 0.25) is 0 Å². The molecule has 0 N–H and O–H groups in total. The lowest BCUT2D eigenvalue weighted by molar-refractivity contribution is -0.136. The van der Waals surface area contributed by atoms with Gasteiger partial charge in [-0.2, -0.15) is 0 Å². The average molecular weight is 218 g/mol. The predicted molar refractivity (Wildman–Crippen MR) is 66.2 cm³/mol. The van der Waals surface area contributed by atoms with Gasteiger partial charge in [-0.15, -0.1) is 0 Å². The lowest BCUT2D eigenvalue weighted by atomic mass is 9.98. The Morgan fingerprint density at radius 2 is 2.06 bits per heavy atom. The summed E-state index contributed by atoms with van der Waals surface area (Å²) in [4.78, 5) is 11.7. The fraction of sp³-hybridized carbons (Fsp3) is 0.357. The molecule has 2 heteroatoms. The number of rotatable bonds is 3. The van der Waals surface area contributed by atoms with Gasteiger partial charge in [0.15, 0.2) is 0 Å². The van der Waals surface area contributed by atoms with Crippen molar-refractivity contribution in [2.24, 2.45) is 0 Å². The first-order chi connectivity index (χ1) is 7.60. The van der Waals surface area contributed by atoms with E-state index < -0.39 is 0 Å². The highest BCUT2D eigenvalue weighted by Crippen LogP contribution is 2.21. The fourth-order valence-corrected chi connectivity index (χ4v) is 1.71. The van der Waals surface area contributed by atoms with Crippen molar-refractivity contribution in [1.29, 1.82) is 0 Å². The monoisotopic (exact) mass is 218 g/mol. The van der Waals surface area contributed by atoms with Gasteiger partial charge in [-0.25, -0.2) is 4.79 Å². The molecule has 0 saturated carbocycles. The zero-order valence-electron chi connectivity index (χ0n) is 10.3. The Hall–Kier alpha value is -1.57. The van der Waals surface area contributed by atoms with Gasteiger partial charge < -0.3 is 4.74 Å². The Balaban J connectivity index is 3.10. The normalized spacial score (nSPS) is 11.4. The number of benzene rings is 1. The molecule has 0 unspecified atom stereocenters. The molecule has 2 nitrogen and oxygen atoms in total.